The Hall–Kier alpha value is -2.55. The molecule has 0 aliphatic carbocycles. The standard InChI is InChI=1S/C24H29N5O2S/c1-27-21-6-3-2-5-19(21)25-23(27)16-29-12-10-28(11-13-29)9-4-14-31-18-7-8-20-22(15-18)32-17-24(30)26-20/h2-3,5-8,15H,4,9-14,16-17H2,1H3,(H,26,30). The maximum absolute atomic E-state index is 11.5. The van der Waals surface area contributed by atoms with E-state index in [2.05, 4.69) is 44.9 Å². The first-order valence-corrected chi connectivity index (χ1v) is 12.2. The Morgan fingerprint density at radius 2 is 1.91 bits per heavy atom. The van der Waals surface area contributed by atoms with Gasteiger partial charge in [-0.25, -0.2) is 4.98 Å². The largest absolute Gasteiger partial charge is 0.494 e. The summed E-state index contributed by atoms with van der Waals surface area (Å²) in [6.45, 7) is 6.96. The fourth-order valence-electron chi connectivity index (χ4n) is 4.33. The number of fused-ring (bicyclic) bond motifs is 2. The van der Waals surface area contributed by atoms with Crippen LogP contribution >= 0.6 is 11.8 Å². The zero-order valence-electron chi connectivity index (χ0n) is 18.4. The molecule has 168 valence electrons. The highest BCUT2D eigenvalue weighted by Gasteiger charge is 2.19. The summed E-state index contributed by atoms with van der Waals surface area (Å²) in [5, 5.41) is 2.89. The minimum absolute atomic E-state index is 0.0598. The Morgan fingerprint density at radius 3 is 2.75 bits per heavy atom. The van der Waals surface area contributed by atoms with E-state index in [0.29, 0.717) is 12.4 Å². The second-order valence-electron chi connectivity index (χ2n) is 8.39. The van der Waals surface area contributed by atoms with E-state index in [1.165, 1.54) is 5.52 Å². The Morgan fingerprint density at radius 1 is 1.09 bits per heavy atom. The first-order valence-electron chi connectivity index (χ1n) is 11.2. The van der Waals surface area contributed by atoms with Crippen LogP contribution in [0.4, 0.5) is 5.69 Å². The van der Waals surface area contributed by atoms with Gasteiger partial charge in [-0.15, -0.1) is 11.8 Å². The number of nitrogens with one attached hydrogen (secondary N) is 1. The molecule has 0 saturated carbocycles. The molecule has 3 heterocycles. The van der Waals surface area contributed by atoms with Gasteiger partial charge in [-0.1, -0.05) is 12.1 Å². The number of carbonyl (C=O) groups excluding carboxylic acids is 1. The fourth-order valence-corrected chi connectivity index (χ4v) is 5.16. The van der Waals surface area contributed by atoms with Gasteiger partial charge in [-0.05, 0) is 36.8 Å². The van der Waals surface area contributed by atoms with Crippen LogP contribution in [-0.4, -0.2) is 70.3 Å². The van der Waals surface area contributed by atoms with Crippen molar-refractivity contribution in [1.82, 2.24) is 19.4 Å². The average molecular weight is 452 g/mol. The molecule has 2 aromatic carbocycles. The summed E-state index contributed by atoms with van der Waals surface area (Å²) in [6.07, 6.45) is 1.01. The molecule has 2 aliphatic heterocycles. The number of ether oxygens (including phenoxy) is 1. The maximum Gasteiger partial charge on any atom is 0.234 e. The number of para-hydroxylation sites is 2. The van der Waals surface area contributed by atoms with Crippen LogP contribution in [0.15, 0.2) is 47.4 Å². The topological polar surface area (TPSA) is 62.6 Å². The molecule has 1 saturated heterocycles. The molecule has 7 nitrogen and oxygen atoms in total. The van der Waals surface area contributed by atoms with Crippen LogP contribution in [0.3, 0.4) is 0 Å². The van der Waals surface area contributed by atoms with E-state index < -0.39 is 0 Å². The lowest BCUT2D eigenvalue weighted by molar-refractivity contribution is -0.113. The van der Waals surface area contributed by atoms with Crippen LogP contribution in [0.5, 0.6) is 5.75 Å². The van der Waals surface area contributed by atoms with Crippen LogP contribution in [-0.2, 0) is 18.4 Å². The molecule has 1 amide bonds. The summed E-state index contributed by atoms with van der Waals surface area (Å²) in [7, 11) is 2.11. The van der Waals surface area contributed by atoms with Crippen LogP contribution in [0.1, 0.15) is 12.2 Å². The van der Waals surface area contributed by atoms with Crippen molar-refractivity contribution in [3.8, 4) is 5.75 Å². The third-order valence-electron chi connectivity index (χ3n) is 6.18. The summed E-state index contributed by atoms with van der Waals surface area (Å²) >= 11 is 1.56. The number of rotatable bonds is 7. The number of imidazole rings is 1. The summed E-state index contributed by atoms with van der Waals surface area (Å²) in [6, 6.07) is 14.2. The van der Waals surface area contributed by atoms with Crippen molar-refractivity contribution in [2.45, 2.75) is 17.9 Å². The van der Waals surface area contributed by atoms with Crippen molar-refractivity contribution in [2.24, 2.45) is 7.05 Å². The Kier molecular flexibility index (Phi) is 6.34. The molecule has 1 fully saturated rings. The lowest BCUT2D eigenvalue weighted by atomic mass is 10.2. The quantitative estimate of drug-likeness (QED) is 0.557. The van der Waals surface area contributed by atoms with Crippen LogP contribution in [0.25, 0.3) is 11.0 Å². The predicted octanol–water partition coefficient (Wildman–Crippen LogP) is 3.20. The number of amides is 1. The fraction of sp³-hybridized carbons (Fsp3) is 0.417. The molecule has 0 radical (unpaired) electrons. The smallest absolute Gasteiger partial charge is 0.234 e. The maximum atomic E-state index is 11.5. The minimum Gasteiger partial charge on any atom is -0.494 e. The van der Waals surface area contributed by atoms with E-state index in [1.807, 2.05) is 24.3 Å². The monoisotopic (exact) mass is 451 g/mol. The molecule has 32 heavy (non-hydrogen) atoms. The van der Waals surface area contributed by atoms with Crippen molar-refractivity contribution in [3.05, 3.63) is 48.3 Å². The van der Waals surface area contributed by atoms with Crippen molar-refractivity contribution in [3.63, 3.8) is 0 Å². The normalized spacial score (nSPS) is 17.3. The highest BCUT2D eigenvalue weighted by Crippen LogP contribution is 2.34. The number of aromatic nitrogens is 2. The van der Waals surface area contributed by atoms with Gasteiger partial charge in [0, 0.05) is 44.7 Å². The van der Waals surface area contributed by atoms with Crippen LogP contribution < -0.4 is 10.1 Å². The van der Waals surface area contributed by atoms with Crippen LogP contribution in [0.2, 0.25) is 0 Å². The molecular formula is C24H29N5O2S. The number of hydrogen-bond donors (Lipinski definition) is 1. The number of nitrogens with zero attached hydrogens (tertiary/aromatic N) is 4. The number of anilines is 1. The van der Waals surface area contributed by atoms with Crippen molar-refractivity contribution in [2.75, 3.05) is 50.4 Å². The zero-order chi connectivity index (χ0) is 21.9. The predicted molar refractivity (Wildman–Crippen MR) is 128 cm³/mol. The van der Waals surface area contributed by atoms with Gasteiger partial charge in [0.05, 0.1) is 35.6 Å². The molecule has 5 rings (SSSR count). The molecule has 0 spiro atoms. The summed E-state index contributed by atoms with van der Waals surface area (Å²) in [5.74, 6) is 2.54. The second-order valence-corrected chi connectivity index (χ2v) is 9.41. The number of thioether (sulfide) groups is 1. The van der Waals surface area contributed by atoms with E-state index >= 15 is 0 Å². The van der Waals surface area contributed by atoms with Gasteiger partial charge < -0.3 is 19.5 Å². The van der Waals surface area contributed by atoms with Crippen LogP contribution in [0, 0.1) is 0 Å². The van der Waals surface area contributed by atoms with Gasteiger partial charge in [-0.3, -0.25) is 9.69 Å². The number of benzene rings is 2. The molecular weight excluding hydrogens is 422 g/mol. The van der Waals surface area contributed by atoms with Gasteiger partial charge >= 0.3 is 0 Å². The van der Waals surface area contributed by atoms with E-state index in [4.69, 9.17) is 9.72 Å². The lowest BCUT2D eigenvalue weighted by Gasteiger charge is -2.34. The molecule has 2 aliphatic rings. The zero-order valence-corrected chi connectivity index (χ0v) is 19.2. The number of aryl methyl sites for hydroxylation is 1. The van der Waals surface area contributed by atoms with Crippen molar-refractivity contribution in [1.29, 1.82) is 0 Å². The van der Waals surface area contributed by atoms with E-state index in [0.717, 1.165) is 73.4 Å². The molecule has 8 heteroatoms. The number of piperazine rings is 1. The molecule has 0 bridgehead atoms. The Bertz CT molecular complexity index is 1110. The third kappa shape index (κ3) is 4.77. The minimum atomic E-state index is 0.0598. The Balaban J connectivity index is 1.04. The Labute approximate surface area is 192 Å². The van der Waals surface area contributed by atoms with Gasteiger partial charge in [0.15, 0.2) is 0 Å². The summed E-state index contributed by atoms with van der Waals surface area (Å²) < 4.78 is 8.17. The highest BCUT2D eigenvalue weighted by molar-refractivity contribution is 8.00. The molecule has 1 aromatic heterocycles. The molecule has 0 atom stereocenters. The first kappa shape index (κ1) is 21.3. The summed E-state index contributed by atoms with van der Waals surface area (Å²) in [5.41, 5.74) is 3.16. The highest BCUT2D eigenvalue weighted by atomic mass is 32.2. The molecule has 1 N–H and O–H groups in total. The van der Waals surface area contributed by atoms with Crippen molar-refractivity contribution < 1.29 is 9.53 Å². The first-order chi connectivity index (χ1) is 15.7. The SMILES string of the molecule is Cn1c(CN2CCN(CCCOc3ccc4c(c3)SCC(=O)N4)CC2)nc2ccccc21. The lowest BCUT2D eigenvalue weighted by Crippen LogP contribution is -2.46. The number of carbonyl (C=O) groups is 1. The third-order valence-corrected chi connectivity index (χ3v) is 7.24. The van der Waals surface area contributed by atoms with Crippen molar-refractivity contribution >= 4 is 34.4 Å². The second kappa shape index (κ2) is 9.52. The summed E-state index contributed by atoms with van der Waals surface area (Å²) in [4.78, 5) is 22.4. The van der Waals surface area contributed by atoms with Gasteiger partial charge in [0.1, 0.15) is 11.6 Å². The van der Waals surface area contributed by atoms with Gasteiger partial charge in [0.25, 0.3) is 0 Å². The number of hydrogen-bond acceptors (Lipinski definition) is 6. The van der Waals surface area contributed by atoms with E-state index in [9.17, 15) is 4.79 Å². The van der Waals surface area contributed by atoms with Gasteiger partial charge in [0.2, 0.25) is 5.91 Å². The van der Waals surface area contributed by atoms with E-state index in [-0.39, 0.29) is 5.91 Å². The molecule has 3 aromatic rings. The average Bonchev–Trinajstić information content (AvgIpc) is 3.13. The van der Waals surface area contributed by atoms with E-state index in [1.54, 1.807) is 11.8 Å². The molecule has 0 unspecified atom stereocenters. The van der Waals surface area contributed by atoms with Gasteiger partial charge in [-0.2, -0.15) is 0 Å².